The molecule has 3 heteroatoms. The summed E-state index contributed by atoms with van der Waals surface area (Å²) >= 11 is 0. The molecule has 1 aliphatic heterocycles. The van der Waals surface area contributed by atoms with Crippen LogP contribution in [0.2, 0.25) is 0 Å². The maximum atomic E-state index is 5.28. The van der Waals surface area contributed by atoms with E-state index in [-0.39, 0.29) is 10.8 Å². The summed E-state index contributed by atoms with van der Waals surface area (Å²) < 4.78 is 0. The minimum atomic E-state index is -0.162. The molecule has 0 saturated heterocycles. The average molecular weight is 464 g/mol. The van der Waals surface area contributed by atoms with Crippen molar-refractivity contribution in [3.05, 3.63) is 81.9 Å². The van der Waals surface area contributed by atoms with E-state index >= 15 is 0 Å². The number of rotatable bonds is 2. The Hall–Kier alpha value is -3.33. The lowest BCUT2D eigenvalue weighted by molar-refractivity contribution is 0.582. The molecule has 5 rings (SSSR count). The lowest BCUT2D eigenvalue weighted by atomic mass is 9.71. The van der Waals surface area contributed by atoms with Gasteiger partial charge in [0.05, 0.1) is 28.3 Å². The minimum Gasteiger partial charge on any atom is -0.386 e. The first-order valence-electron chi connectivity index (χ1n) is 12.6. The molecule has 1 aliphatic rings. The van der Waals surface area contributed by atoms with Crippen LogP contribution in [-0.4, -0.2) is 12.0 Å². The number of pyridine rings is 1. The predicted molar refractivity (Wildman–Crippen MR) is 151 cm³/mol. The van der Waals surface area contributed by atoms with Crippen molar-refractivity contribution in [1.29, 1.82) is 0 Å². The van der Waals surface area contributed by atoms with Gasteiger partial charge in [0.15, 0.2) is 0 Å². The molecule has 1 aromatic heterocycles. The Labute approximate surface area is 210 Å². The van der Waals surface area contributed by atoms with Crippen LogP contribution >= 0.6 is 0 Å². The molecule has 0 fully saturated rings. The van der Waals surface area contributed by atoms with E-state index in [1.54, 1.807) is 0 Å². The van der Waals surface area contributed by atoms with E-state index in [4.69, 9.17) is 4.98 Å². The van der Waals surface area contributed by atoms with Gasteiger partial charge in [-0.05, 0) is 66.1 Å². The van der Waals surface area contributed by atoms with Crippen LogP contribution in [0.15, 0.2) is 48.5 Å². The summed E-state index contributed by atoms with van der Waals surface area (Å²) in [5.41, 5.74) is 14.4. The summed E-state index contributed by atoms with van der Waals surface area (Å²) in [5, 5.41) is 8.44. The highest BCUT2D eigenvalue weighted by atomic mass is 15.0. The summed E-state index contributed by atoms with van der Waals surface area (Å²) in [6, 6.07) is 18.0. The van der Waals surface area contributed by atoms with Crippen molar-refractivity contribution < 1.29 is 0 Å². The van der Waals surface area contributed by atoms with E-state index in [1.807, 2.05) is 7.05 Å². The second-order valence-electron chi connectivity index (χ2n) is 11.7. The molecule has 0 radical (unpaired) electrons. The van der Waals surface area contributed by atoms with Crippen LogP contribution in [0.25, 0.3) is 22.2 Å². The van der Waals surface area contributed by atoms with Crippen LogP contribution in [0.1, 0.15) is 68.0 Å². The molecule has 0 saturated carbocycles. The topological polar surface area (TPSA) is 37.0 Å². The SMILES string of the molecule is CNc1cc(C(C)(C)C)cc2c1Nc1c(ccc3ccc(-c4c(C)cc(C)cc4C)nc13)C2(C)C. The number of nitrogens with one attached hydrogen (secondary N) is 2. The Morgan fingerprint density at radius 3 is 2.11 bits per heavy atom. The molecule has 2 N–H and O–H groups in total. The van der Waals surface area contributed by atoms with Gasteiger partial charge in [-0.2, -0.15) is 0 Å². The molecular weight excluding hydrogens is 426 g/mol. The van der Waals surface area contributed by atoms with E-state index in [9.17, 15) is 0 Å². The summed E-state index contributed by atoms with van der Waals surface area (Å²) in [6.45, 7) is 18.0. The molecule has 3 aromatic carbocycles. The van der Waals surface area contributed by atoms with Crippen LogP contribution < -0.4 is 10.6 Å². The molecule has 0 spiro atoms. The summed E-state index contributed by atoms with van der Waals surface area (Å²) in [4.78, 5) is 5.28. The van der Waals surface area contributed by atoms with E-state index in [0.717, 1.165) is 33.7 Å². The first-order valence-corrected chi connectivity index (χ1v) is 12.6. The molecule has 4 aromatic rings. The Morgan fingerprint density at radius 2 is 1.49 bits per heavy atom. The van der Waals surface area contributed by atoms with E-state index in [2.05, 4.69) is 115 Å². The zero-order chi connectivity index (χ0) is 25.3. The van der Waals surface area contributed by atoms with Crippen LogP contribution in [0.4, 0.5) is 17.1 Å². The molecule has 0 bridgehead atoms. The van der Waals surface area contributed by atoms with Crippen LogP contribution in [0, 0.1) is 20.8 Å². The summed E-state index contributed by atoms with van der Waals surface area (Å²) in [7, 11) is 2.01. The first kappa shape index (κ1) is 23.4. The third-order valence-corrected chi connectivity index (χ3v) is 7.67. The second kappa shape index (κ2) is 7.84. The Kier molecular flexibility index (Phi) is 5.25. The highest BCUT2D eigenvalue weighted by Crippen LogP contribution is 2.51. The number of hydrogen-bond donors (Lipinski definition) is 2. The largest absolute Gasteiger partial charge is 0.386 e. The molecule has 35 heavy (non-hydrogen) atoms. The smallest absolute Gasteiger partial charge is 0.0947 e. The monoisotopic (exact) mass is 463 g/mol. The van der Waals surface area contributed by atoms with Crippen LogP contribution in [0.5, 0.6) is 0 Å². The minimum absolute atomic E-state index is 0.0700. The molecule has 0 unspecified atom stereocenters. The van der Waals surface area contributed by atoms with Crippen LogP contribution in [-0.2, 0) is 10.8 Å². The number of hydrogen-bond acceptors (Lipinski definition) is 3. The fourth-order valence-electron chi connectivity index (χ4n) is 5.73. The maximum Gasteiger partial charge on any atom is 0.0947 e. The van der Waals surface area contributed by atoms with E-state index in [1.165, 1.54) is 38.9 Å². The van der Waals surface area contributed by atoms with Crippen molar-refractivity contribution in [3.63, 3.8) is 0 Å². The van der Waals surface area contributed by atoms with Gasteiger partial charge in [0.2, 0.25) is 0 Å². The predicted octanol–water partition coefficient (Wildman–Crippen LogP) is 8.55. The lowest BCUT2D eigenvalue weighted by Crippen LogP contribution is -2.28. The number of anilines is 3. The van der Waals surface area contributed by atoms with Gasteiger partial charge < -0.3 is 10.6 Å². The number of nitrogens with zero attached hydrogens (tertiary/aromatic N) is 1. The van der Waals surface area contributed by atoms with Crippen molar-refractivity contribution in [2.45, 2.75) is 66.2 Å². The molecular formula is C32H37N3. The van der Waals surface area contributed by atoms with Gasteiger partial charge in [0.1, 0.15) is 0 Å². The van der Waals surface area contributed by atoms with Gasteiger partial charge in [0.25, 0.3) is 0 Å². The molecule has 0 aliphatic carbocycles. The molecule has 2 heterocycles. The molecule has 0 atom stereocenters. The van der Waals surface area contributed by atoms with Crippen molar-refractivity contribution in [1.82, 2.24) is 4.98 Å². The average Bonchev–Trinajstić information content (AvgIpc) is 2.77. The molecule has 180 valence electrons. The third kappa shape index (κ3) is 3.69. The summed E-state index contributed by atoms with van der Waals surface area (Å²) in [5.74, 6) is 0. The Morgan fingerprint density at radius 1 is 0.829 bits per heavy atom. The van der Waals surface area contributed by atoms with Crippen LogP contribution in [0.3, 0.4) is 0 Å². The van der Waals surface area contributed by atoms with Crippen molar-refractivity contribution in [2.75, 3.05) is 17.7 Å². The van der Waals surface area contributed by atoms with E-state index < -0.39 is 0 Å². The van der Waals surface area contributed by atoms with Gasteiger partial charge in [-0.1, -0.05) is 76.6 Å². The maximum absolute atomic E-state index is 5.28. The van der Waals surface area contributed by atoms with Gasteiger partial charge in [0, 0.05) is 23.4 Å². The fourth-order valence-corrected chi connectivity index (χ4v) is 5.73. The second-order valence-corrected chi connectivity index (χ2v) is 11.7. The number of fused-ring (bicyclic) bond motifs is 4. The Balaban J connectivity index is 1.76. The van der Waals surface area contributed by atoms with Crippen molar-refractivity contribution >= 4 is 28.0 Å². The van der Waals surface area contributed by atoms with E-state index in [0.29, 0.717) is 0 Å². The number of benzene rings is 3. The third-order valence-electron chi connectivity index (χ3n) is 7.67. The number of aryl methyl sites for hydroxylation is 3. The standard InChI is InChI=1S/C32H37N3/c1-18-14-19(2)27(20(3)15-18)25-13-11-21-10-12-23-30(28(21)34-25)35-29-24(32(23,7)8)16-22(31(4,5)6)17-26(29)33-9/h10-17,33,35H,1-9H3. The highest BCUT2D eigenvalue weighted by molar-refractivity contribution is 6.00. The van der Waals surface area contributed by atoms with Gasteiger partial charge in [-0.15, -0.1) is 0 Å². The fraction of sp³-hybridized carbons (Fsp3) is 0.344. The quantitative estimate of drug-likeness (QED) is 0.313. The van der Waals surface area contributed by atoms with Crippen molar-refractivity contribution in [3.8, 4) is 11.3 Å². The van der Waals surface area contributed by atoms with Crippen molar-refractivity contribution in [2.24, 2.45) is 0 Å². The first-order chi connectivity index (χ1) is 16.4. The van der Waals surface area contributed by atoms with Gasteiger partial charge in [-0.3, -0.25) is 0 Å². The van der Waals surface area contributed by atoms with Gasteiger partial charge in [-0.25, -0.2) is 4.98 Å². The number of aromatic nitrogens is 1. The Bertz CT molecular complexity index is 1460. The highest BCUT2D eigenvalue weighted by Gasteiger charge is 2.36. The lowest BCUT2D eigenvalue weighted by Gasteiger charge is -2.38. The zero-order valence-corrected chi connectivity index (χ0v) is 22.6. The molecule has 3 nitrogen and oxygen atoms in total. The summed E-state index contributed by atoms with van der Waals surface area (Å²) in [6.07, 6.45) is 0. The molecule has 0 amide bonds. The van der Waals surface area contributed by atoms with Gasteiger partial charge >= 0.3 is 0 Å². The normalized spacial score (nSPS) is 14.3. The zero-order valence-electron chi connectivity index (χ0n) is 22.6.